The molecule has 0 radical (unpaired) electrons. The van der Waals surface area contributed by atoms with E-state index in [1.165, 1.54) is 0 Å². The molecule has 1 saturated heterocycles. The van der Waals surface area contributed by atoms with Crippen LogP contribution in [0.5, 0.6) is 0 Å². The molecule has 20 heavy (non-hydrogen) atoms. The maximum absolute atomic E-state index is 11.2. The Morgan fingerprint density at radius 3 is 2.90 bits per heavy atom. The molecule has 0 aromatic carbocycles. The van der Waals surface area contributed by atoms with Crippen LogP contribution in [0.4, 0.5) is 11.5 Å². The van der Waals surface area contributed by atoms with Gasteiger partial charge in [0.1, 0.15) is 5.82 Å². The summed E-state index contributed by atoms with van der Waals surface area (Å²) in [5.41, 5.74) is 0.909. The van der Waals surface area contributed by atoms with Crippen molar-refractivity contribution in [1.82, 2.24) is 4.98 Å². The average molecular weight is 279 g/mol. The molecule has 2 rings (SSSR count). The van der Waals surface area contributed by atoms with E-state index in [9.17, 15) is 4.79 Å². The summed E-state index contributed by atoms with van der Waals surface area (Å²) in [5, 5.41) is 3.16. The Morgan fingerprint density at radius 2 is 2.25 bits per heavy atom. The standard InChI is InChI=1S/C14H21N3O3/c1-2-20-14(18)5-6-15-12-3-4-13(16-11-12)17-7-9-19-10-8-17/h3-4,11,15H,2,5-10H2,1H3. The van der Waals surface area contributed by atoms with Gasteiger partial charge in [0.05, 0.1) is 38.1 Å². The first-order chi connectivity index (χ1) is 9.79. The number of nitrogens with one attached hydrogen (secondary N) is 1. The highest BCUT2D eigenvalue weighted by Crippen LogP contribution is 2.15. The molecule has 1 fully saturated rings. The normalized spacial score (nSPS) is 14.9. The Labute approximate surface area is 119 Å². The molecule has 1 aromatic rings. The molecule has 0 aliphatic carbocycles. The van der Waals surface area contributed by atoms with Gasteiger partial charge in [-0.25, -0.2) is 4.98 Å². The number of hydrogen-bond acceptors (Lipinski definition) is 6. The van der Waals surface area contributed by atoms with E-state index < -0.39 is 0 Å². The van der Waals surface area contributed by atoms with Crippen LogP contribution in [0.2, 0.25) is 0 Å². The zero-order valence-corrected chi connectivity index (χ0v) is 11.8. The van der Waals surface area contributed by atoms with Crippen LogP contribution in [-0.4, -0.2) is 50.4 Å². The predicted molar refractivity (Wildman–Crippen MR) is 77.0 cm³/mol. The molecular formula is C14H21N3O3. The van der Waals surface area contributed by atoms with Gasteiger partial charge in [-0.2, -0.15) is 0 Å². The average Bonchev–Trinajstić information content (AvgIpc) is 2.49. The van der Waals surface area contributed by atoms with Crippen molar-refractivity contribution in [1.29, 1.82) is 0 Å². The lowest BCUT2D eigenvalue weighted by Crippen LogP contribution is -2.36. The van der Waals surface area contributed by atoms with Gasteiger partial charge in [0, 0.05) is 19.6 Å². The first-order valence-corrected chi connectivity index (χ1v) is 6.98. The summed E-state index contributed by atoms with van der Waals surface area (Å²) in [4.78, 5) is 17.8. The van der Waals surface area contributed by atoms with Crippen molar-refractivity contribution in [3.63, 3.8) is 0 Å². The third kappa shape index (κ3) is 4.38. The van der Waals surface area contributed by atoms with Crippen LogP contribution in [0, 0.1) is 0 Å². The van der Waals surface area contributed by atoms with E-state index in [1.807, 2.05) is 12.1 Å². The highest BCUT2D eigenvalue weighted by atomic mass is 16.5. The number of anilines is 2. The SMILES string of the molecule is CCOC(=O)CCNc1ccc(N2CCOCC2)nc1. The molecule has 0 bridgehead atoms. The molecule has 2 heterocycles. The summed E-state index contributed by atoms with van der Waals surface area (Å²) in [7, 11) is 0. The Morgan fingerprint density at radius 1 is 1.45 bits per heavy atom. The fraction of sp³-hybridized carbons (Fsp3) is 0.571. The fourth-order valence-electron chi connectivity index (χ4n) is 2.01. The van der Waals surface area contributed by atoms with E-state index >= 15 is 0 Å². The summed E-state index contributed by atoms with van der Waals surface area (Å²) in [6, 6.07) is 3.96. The first-order valence-electron chi connectivity index (χ1n) is 6.98. The van der Waals surface area contributed by atoms with E-state index in [2.05, 4.69) is 15.2 Å². The molecule has 0 unspecified atom stereocenters. The Hall–Kier alpha value is -1.82. The van der Waals surface area contributed by atoms with Crippen LogP contribution in [0.25, 0.3) is 0 Å². The second-order valence-electron chi connectivity index (χ2n) is 4.49. The molecule has 0 spiro atoms. The van der Waals surface area contributed by atoms with Crippen molar-refractivity contribution >= 4 is 17.5 Å². The molecule has 0 amide bonds. The van der Waals surface area contributed by atoms with Gasteiger partial charge in [0.15, 0.2) is 0 Å². The van der Waals surface area contributed by atoms with Crippen LogP contribution in [0.15, 0.2) is 18.3 Å². The summed E-state index contributed by atoms with van der Waals surface area (Å²) >= 11 is 0. The number of pyridine rings is 1. The van der Waals surface area contributed by atoms with Crippen molar-refractivity contribution in [2.24, 2.45) is 0 Å². The van der Waals surface area contributed by atoms with E-state index in [-0.39, 0.29) is 5.97 Å². The molecule has 0 saturated carbocycles. The first kappa shape index (κ1) is 14.6. The van der Waals surface area contributed by atoms with Gasteiger partial charge in [-0.05, 0) is 19.1 Å². The molecule has 6 nitrogen and oxygen atoms in total. The van der Waals surface area contributed by atoms with Gasteiger partial charge in [0.25, 0.3) is 0 Å². The smallest absolute Gasteiger partial charge is 0.307 e. The van der Waals surface area contributed by atoms with Gasteiger partial charge in [-0.15, -0.1) is 0 Å². The number of ether oxygens (including phenoxy) is 2. The summed E-state index contributed by atoms with van der Waals surface area (Å²) in [5.74, 6) is 0.780. The Balaban J connectivity index is 1.77. The van der Waals surface area contributed by atoms with Crippen molar-refractivity contribution in [3.05, 3.63) is 18.3 Å². The maximum Gasteiger partial charge on any atom is 0.307 e. The zero-order valence-electron chi connectivity index (χ0n) is 11.8. The second-order valence-corrected chi connectivity index (χ2v) is 4.49. The molecule has 1 aromatic heterocycles. The number of aromatic nitrogens is 1. The number of carbonyl (C=O) groups excluding carboxylic acids is 1. The quantitative estimate of drug-likeness (QED) is 0.792. The molecule has 0 atom stereocenters. The highest BCUT2D eigenvalue weighted by molar-refractivity contribution is 5.70. The predicted octanol–water partition coefficient (Wildman–Crippen LogP) is 1.28. The topological polar surface area (TPSA) is 63.7 Å². The van der Waals surface area contributed by atoms with Crippen LogP contribution >= 0.6 is 0 Å². The molecule has 1 N–H and O–H groups in total. The number of carbonyl (C=O) groups is 1. The minimum Gasteiger partial charge on any atom is -0.466 e. The number of rotatable bonds is 6. The van der Waals surface area contributed by atoms with Gasteiger partial charge < -0.3 is 19.7 Å². The number of morpholine rings is 1. The van der Waals surface area contributed by atoms with E-state index in [0.29, 0.717) is 19.6 Å². The second kappa shape index (κ2) is 7.69. The number of hydrogen-bond donors (Lipinski definition) is 1. The third-order valence-corrected chi connectivity index (χ3v) is 3.05. The lowest BCUT2D eigenvalue weighted by Gasteiger charge is -2.27. The summed E-state index contributed by atoms with van der Waals surface area (Å²) in [6.07, 6.45) is 2.15. The molecule has 110 valence electrons. The zero-order chi connectivity index (χ0) is 14.2. The van der Waals surface area contributed by atoms with Crippen molar-refractivity contribution in [2.45, 2.75) is 13.3 Å². The number of nitrogens with zero attached hydrogens (tertiary/aromatic N) is 2. The van der Waals surface area contributed by atoms with Crippen LogP contribution < -0.4 is 10.2 Å². The largest absolute Gasteiger partial charge is 0.466 e. The minimum absolute atomic E-state index is 0.183. The van der Waals surface area contributed by atoms with E-state index in [4.69, 9.17) is 9.47 Å². The molecule has 1 aliphatic rings. The van der Waals surface area contributed by atoms with Crippen molar-refractivity contribution < 1.29 is 14.3 Å². The third-order valence-electron chi connectivity index (χ3n) is 3.05. The minimum atomic E-state index is -0.183. The van der Waals surface area contributed by atoms with E-state index in [1.54, 1.807) is 13.1 Å². The number of esters is 1. The van der Waals surface area contributed by atoms with Crippen LogP contribution in [-0.2, 0) is 14.3 Å². The van der Waals surface area contributed by atoms with E-state index in [0.717, 1.165) is 37.8 Å². The van der Waals surface area contributed by atoms with Crippen LogP contribution in [0.3, 0.4) is 0 Å². The maximum atomic E-state index is 11.2. The van der Waals surface area contributed by atoms with Crippen LogP contribution in [0.1, 0.15) is 13.3 Å². The Bertz CT molecular complexity index is 416. The van der Waals surface area contributed by atoms with Gasteiger partial charge >= 0.3 is 5.97 Å². The highest BCUT2D eigenvalue weighted by Gasteiger charge is 2.11. The van der Waals surface area contributed by atoms with Gasteiger partial charge in [0.2, 0.25) is 0 Å². The van der Waals surface area contributed by atoms with Gasteiger partial charge in [-0.1, -0.05) is 0 Å². The fourth-order valence-corrected chi connectivity index (χ4v) is 2.01. The van der Waals surface area contributed by atoms with Crippen molar-refractivity contribution in [2.75, 3.05) is 49.7 Å². The lowest BCUT2D eigenvalue weighted by atomic mass is 10.3. The Kier molecular flexibility index (Phi) is 5.61. The molecule has 1 aliphatic heterocycles. The lowest BCUT2D eigenvalue weighted by molar-refractivity contribution is -0.142. The summed E-state index contributed by atoms with van der Waals surface area (Å²) in [6.45, 7) is 6.04. The molecule has 6 heteroatoms. The molecular weight excluding hydrogens is 258 g/mol. The monoisotopic (exact) mass is 279 g/mol. The van der Waals surface area contributed by atoms with Gasteiger partial charge in [-0.3, -0.25) is 4.79 Å². The van der Waals surface area contributed by atoms with Crippen molar-refractivity contribution in [3.8, 4) is 0 Å². The summed E-state index contributed by atoms with van der Waals surface area (Å²) < 4.78 is 10.2.